The highest BCUT2D eigenvalue weighted by Gasteiger charge is 2.06. The van der Waals surface area contributed by atoms with E-state index in [2.05, 4.69) is 26.2 Å². The van der Waals surface area contributed by atoms with Gasteiger partial charge >= 0.3 is 0 Å². The Morgan fingerprint density at radius 3 is 2.54 bits per heavy atom. The van der Waals surface area contributed by atoms with Gasteiger partial charge in [0.15, 0.2) is 6.61 Å². The second kappa shape index (κ2) is 8.49. The summed E-state index contributed by atoms with van der Waals surface area (Å²) in [6, 6.07) is 18.1. The number of aryl methyl sites for hydroxylation is 1. The normalized spacial score (nSPS) is 10.2. The monoisotopic (exact) mass is 412 g/mol. The first-order valence-corrected chi connectivity index (χ1v) is 8.77. The van der Waals surface area contributed by atoms with Gasteiger partial charge in [0, 0.05) is 22.4 Å². The SMILES string of the molecule is Cc1cc(NC(=O)COc2ccc(Oc3ccccn3)cc2)ccc1Br. The van der Waals surface area contributed by atoms with E-state index in [9.17, 15) is 4.79 Å². The van der Waals surface area contributed by atoms with Gasteiger partial charge in [-0.1, -0.05) is 22.0 Å². The van der Waals surface area contributed by atoms with Crippen LogP contribution in [-0.2, 0) is 4.79 Å². The van der Waals surface area contributed by atoms with Crippen molar-refractivity contribution in [3.05, 3.63) is 76.9 Å². The Balaban J connectivity index is 1.51. The van der Waals surface area contributed by atoms with Gasteiger partial charge in [-0.15, -0.1) is 0 Å². The Hall–Kier alpha value is -2.86. The third-order valence-electron chi connectivity index (χ3n) is 3.50. The molecule has 0 saturated carbocycles. The number of halogens is 1. The Kier molecular flexibility index (Phi) is 5.86. The first-order valence-electron chi connectivity index (χ1n) is 7.98. The smallest absolute Gasteiger partial charge is 0.262 e. The minimum absolute atomic E-state index is 0.0739. The fourth-order valence-electron chi connectivity index (χ4n) is 2.20. The minimum atomic E-state index is -0.222. The van der Waals surface area contributed by atoms with Crippen molar-refractivity contribution >= 4 is 27.5 Å². The number of nitrogens with one attached hydrogen (secondary N) is 1. The van der Waals surface area contributed by atoms with Crippen molar-refractivity contribution in [2.24, 2.45) is 0 Å². The van der Waals surface area contributed by atoms with E-state index in [1.165, 1.54) is 0 Å². The first-order chi connectivity index (χ1) is 12.6. The number of amides is 1. The summed E-state index contributed by atoms with van der Waals surface area (Å²) in [5.41, 5.74) is 1.78. The van der Waals surface area contributed by atoms with Gasteiger partial charge in [0.25, 0.3) is 5.91 Å². The largest absolute Gasteiger partial charge is 0.484 e. The van der Waals surface area contributed by atoms with Crippen LogP contribution in [-0.4, -0.2) is 17.5 Å². The molecule has 0 aliphatic carbocycles. The van der Waals surface area contributed by atoms with Gasteiger partial charge in [-0.3, -0.25) is 4.79 Å². The molecule has 0 radical (unpaired) electrons. The Morgan fingerprint density at radius 2 is 1.85 bits per heavy atom. The standard InChI is InChI=1S/C20H17BrN2O3/c1-14-12-15(5-10-18(14)21)23-19(24)13-25-16-6-8-17(9-7-16)26-20-4-2-3-11-22-20/h2-12H,13H2,1H3,(H,23,24). The lowest BCUT2D eigenvalue weighted by Crippen LogP contribution is -2.20. The zero-order valence-electron chi connectivity index (χ0n) is 14.1. The molecule has 5 nitrogen and oxygen atoms in total. The van der Waals surface area contributed by atoms with E-state index in [4.69, 9.17) is 9.47 Å². The van der Waals surface area contributed by atoms with Crippen molar-refractivity contribution in [2.75, 3.05) is 11.9 Å². The van der Waals surface area contributed by atoms with E-state index in [-0.39, 0.29) is 12.5 Å². The lowest BCUT2D eigenvalue weighted by Gasteiger charge is -2.09. The maximum absolute atomic E-state index is 12.0. The van der Waals surface area contributed by atoms with Crippen LogP contribution in [0.2, 0.25) is 0 Å². The molecular formula is C20H17BrN2O3. The lowest BCUT2D eigenvalue weighted by atomic mass is 10.2. The molecular weight excluding hydrogens is 396 g/mol. The Labute approximate surface area is 160 Å². The zero-order valence-corrected chi connectivity index (χ0v) is 15.7. The van der Waals surface area contributed by atoms with Crippen molar-refractivity contribution in [2.45, 2.75) is 6.92 Å². The maximum Gasteiger partial charge on any atom is 0.262 e. The van der Waals surface area contributed by atoms with Crippen LogP contribution >= 0.6 is 15.9 Å². The third kappa shape index (κ3) is 5.07. The van der Waals surface area contributed by atoms with Crippen LogP contribution < -0.4 is 14.8 Å². The molecule has 1 aromatic heterocycles. The van der Waals surface area contributed by atoms with Gasteiger partial charge in [-0.25, -0.2) is 4.98 Å². The van der Waals surface area contributed by atoms with Crippen molar-refractivity contribution < 1.29 is 14.3 Å². The van der Waals surface area contributed by atoms with E-state index in [0.29, 0.717) is 17.4 Å². The number of pyridine rings is 1. The van der Waals surface area contributed by atoms with E-state index in [1.54, 1.807) is 36.5 Å². The number of anilines is 1. The molecule has 0 saturated heterocycles. The summed E-state index contributed by atoms with van der Waals surface area (Å²) in [6.45, 7) is 1.89. The van der Waals surface area contributed by atoms with Crippen LogP contribution in [0, 0.1) is 6.92 Å². The first kappa shape index (κ1) is 17.9. The van der Waals surface area contributed by atoms with Gasteiger partial charge in [0.2, 0.25) is 5.88 Å². The fraction of sp³-hybridized carbons (Fsp3) is 0.100. The van der Waals surface area contributed by atoms with Gasteiger partial charge < -0.3 is 14.8 Å². The summed E-state index contributed by atoms with van der Waals surface area (Å²) in [7, 11) is 0. The number of benzene rings is 2. The number of hydrogen-bond donors (Lipinski definition) is 1. The fourth-order valence-corrected chi connectivity index (χ4v) is 2.45. The Morgan fingerprint density at radius 1 is 1.08 bits per heavy atom. The van der Waals surface area contributed by atoms with Crippen LogP contribution in [0.1, 0.15) is 5.56 Å². The summed E-state index contributed by atoms with van der Waals surface area (Å²) < 4.78 is 12.1. The Bertz CT molecular complexity index is 883. The molecule has 0 bridgehead atoms. The lowest BCUT2D eigenvalue weighted by molar-refractivity contribution is -0.118. The molecule has 26 heavy (non-hydrogen) atoms. The molecule has 1 amide bonds. The highest BCUT2D eigenvalue weighted by Crippen LogP contribution is 2.22. The number of nitrogens with zero attached hydrogens (tertiary/aromatic N) is 1. The molecule has 6 heteroatoms. The maximum atomic E-state index is 12.0. The van der Waals surface area contributed by atoms with Gasteiger partial charge in [0.1, 0.15) is 11.5 Å². The number of carbonyl (C=O) groups excluding carboxylic acids is 1. The molecule has 0 unspecified atom stereocenters. The highest BCUT2D eigenvalue weighted by atomic mass is 79.9. The number of carbonyl (C=O) groups is 1. The molecule has 3 aromatic rings. The van der Waals surface area contributed by atoms with Crippen LogP contribution in [0.3, 0.4) is 0 Å². The van der Waals surface area contributed by atoms with Crippen molar-refractivity contribution in [1.82, 2.24) is 4.98 Å². The van der Waals surface area contributed by atoms with E-state index in [0.717, 1.165) is 15.7 Å². The average Bonchev–Trinajstić information content (AvgIpc) is 2.65. The molecule has 2 aromatic carbocycles. The molecule has 0 spiro atoms. The minimum Gasteiger partial charge on any atom is -0.484 e. The summed E-state index contributed by atoms with van der Waals surface area (Å²) in [5, 5.41) is 2.81. The molecule has 3 rings (SSSR count). The summed E-state index contributed by atoms with van der Waals surface area (Å²) >= 11 is 3.43. The topological polar surface area (TPSA) is 60.5 Å². The van der Waals surface area contributed by atoms with Crippen LogP contribution in [0.5, 0.6) is 17.4 Å². The summed E-state index contributed by atoms with van der Waals surface area (Å²) in [4.78, 5) is 16.1. The number of hydrogen-bond acceptors (Lipinski definition) is 4. The summed E-state index contributed by atoms with van der Waals surface area (Å²) in [5.74, 6) is 1.53. The van der Waals surface area contributed by atoms with Crippen LogP contribution in [0.4, 0.5) is 5.69 Å². The van der Waals surface area contributed by atoms with Crippen molar-refractivity contribution in [1.29, 1.82) is 0 Å². The molecule has 132 valence electrons. The number of rotatable bonds is 6. The molecule has 0 aliphatic rings. The summed E-state index contributed by atoms with van der Waals surface area (Å²) in [6.07, 6.45) is 1.67. The molecule has 0 fully saturated rings. The molecule has 0 aliphatic heterocycles. The van der Waals surface area contributed by atoms with Crippen LogP contribution in [0.25, 0.3) is 0 Å². The second-order valence-electron chi connectivity index (χ2n) is 5.54. The van der Waals surface area contributed by atoms with Gasteiger partial charge in [-0.2, -0.15) is 0 Å². The average molecular weight is 413 g/mol. The highest BCUT2D eigenvalue weighted by molar-refractivity contribution is 9.10. The zero-order chi connectivity index (χ0) is 18.4. The second-order valence-corrected chi connectivity index (χ2v) is 6.40. The van der Waals surface area contributed by atoms with E-state index in [1.807, 2.05) is 37.3 Å². The van der Waals surface area contributed by atoms with Gasteiger partial charge in [0.05, 0.1) is 0 Å². The molecule has 1 N–H and O–H groups in total. The quantitative estimate of drug-likeness (QED) is 0.621. The number of ether oxygens (including phenoxy) is 2. The van der Waals surface area contributed by atoms with Crippen molar-refractivity contribution in [3.8, 4) is 17.4 Å². The van der Waals surface area contributed by atoms with E-state index >= 15 is 0 Å². The van der Waals surface area contributed by atoms with E-state index < -0.39 is 0 Å². The predicted molar refractivity (Wildman–Crippen MR) is 104 cm³/mol. The van der Waals surface area contributed by atoms with Crippen molar-refractivity contribution in [3.63, 3.8) is 0 Å². The third-order valence-corrected chi connectivity index (χ3v) is 4.39. The number of aromatic nitrogens is 1. The molecule has 1 heterocycles. The predicted octanol–water partition coefficient (Wildman–Crippen LogP) is 4.96. The van der Waals surface area contributed by atoms with Gasteiger partial charge in [-0.05, 0) is 61.0 Å². The van der Waals surface area contributed by atoms with Crippen LogP contribution in [0.15, 0.2) is 71.3 Å². The molecule has 0 atom stereocenters.